The number of rotatable bonds is 1. The highest BCUT2D eigenvalue weighted by Crippen LogP contribution is 2.41. The smallest absolute Gasteiger partial charge is 0.296 e. The van der Waals surface area contributed by atoms with E-state index in [0.29, 0.717) is 0 Å². The second-order valence-electron chi connectivity index (χ2n) is 4.05. The van der Waals surface area contributed by atoms with Gasteiger partial charge in [0.15, 0.2) is 11.6 Å². The van der Waals surface area contributed by atoms with E-state index in [1.807, 2.05) is 11.9 Å². The number of aromatic amines is 1. The monoisotopic (exact) mass is 226 g/mol. The van der Waals surface area contributed by atoms with Crippen molar-refractivity contribution in [1.29, 1.82) is 0 Å². The van der Waals surface area contributed by atoms with Gasteiger partial charge in [-0.25, -0.2) is 0 Å². The lowest BCUT2D eigenvalue weighted by Gasteiger charge is -2.21. The van der Waals surface area contributed by atoms with Crippen molar-refractivity contribution in [2.45, 2.75) is 18.9 Å². The molecular weight excluding hydrogens is 212 g/mol. The van der Waals surface area contributed by atoms with Crippen LogP contribution in [0.4, 0.5) is 0 Å². The third-order valence-electron chi connectivity index (χ3n) is 3.04. The molecule has 2 heterocycles. The quantitative estimate of drug-likeness (QED) is 0.550. The molecule has 16 heavy (non-hydrogen) atoms. The molecule has 88 valence electrons. The van der Waals surface area contributed by atoms with E-state index in [0.717, 1.165) is 19.4 Å². The van der Waals surface area contributed by atoms with Crippen molar-refractivity contribution in [3.8, 4) is 17.4 Å². The van der Waals surface area contributed by atoms with Crippen LogP contribution in [0, 0.1) is 0 Å². The lowest BCUT2D eigenvalue weighted by molar-refractivity contribution is 0.290. The molecule has 1 saturated heterocycles. The Balaban J connectivity index is 2.56. The Hall–Kier alpha value is -1.69. The maximum atomic E-state index is 11.1. The number of hydrogen-bond donors (Lipinski definition) is 4. The minimum absolute atomic E-state index is 0.178. The van der Waals surface area contributed by atoms with E-state index < -0.39 is 17.1 Å². The molecule has 1 atom stereocenters. The SMILES string of the molecule is CN1CCCC1c1c(O)[nH]c(=O)c(O)c1O. The van der Waals surface area contributed by atoms with Crippen molar-refractivity contribution < 1.29 is 15.3 Å². The molecule has 0 aliphatic carbocycles. The number of nitrogens with zero attached hydrogens (tertiary/aromatic N) is 1. The molecule has 0 radical (unpaired) electrons. The standard InChI is InChI=1S/C10H14N2O4/c1-12-4-2-3-5(12)6-7(13)8(14)10(16)11-9(6)15/h5,14H,2-4H2,1H3,(H3,11,13,15,16). The minimum atomic E-state index is -0.889. The van der Waals surface area contributed by atoms with Crippen LogP contribution in [0.5, 0.6) is 17.4 Å². The molecule has 1 aromatic heterocycles. The van der Waals surface area contributed by atoms with E-state index in [1.165, 1.54) is 0 Å². The maximum absolute atomic E-state index is 11.1. The molecule has 4 N–H and O–H groups in total. The average molecular weight is 226 g/mol. The Labute approximate surface area is 91.8 Å². The first kappa shape index (κ1) is 10.8. The van der Waals surface area contributed by atoms with Crippen molar-refractivity contribution in [3.63, 3.8) is 0 Å². The second-order valence-corrected chi connectivity index (χ2v) is 4.05. The van der Waals surface area contributed by atoms with E-state index in [1.54, 1.807) is 0 Å². The molecule has 0 saturated carbocycles. The van der Waals surface area contributed by atoms with Crippen LogP contribution in [-0.4, -0.2) is 38.8 Å². The van der Waals surface area contributed by atoms with Crippen molar-refractivity contribution in [1.82, 2.24) is 9.88 Å². The number of aromatic nitrogens is 1. The number of pyridine rings is 1. The average Bonchev–Trinajstić information content (AvgIpc) is 2.62. The summed E-state index contributed by atoms with van der Waals surface area (Å²) in [4.78, 5) is 15.1. The number of nitrogens with one attached hydrogen (secondary N) is 1. The highest BCUT2D eigenvalue weighted by Gasteiger charge is 2.30. The lowest BCUT2D eigenvalue weighted by atomic mass is 10.0. The molecule has 1 fully saturated rings. The van der Waals surface area contributed by atoms with Gasteiger partial charge < -0.3 is 15.3 Å². The fourth-order valence-electron chi connectivity index (χ4n) is 2.17. The molecule has 1 aromatic rings. The summed E-state index contributed by atoms with van der Waals surface area (Å²) in [5, 5.41) is 28.6. The van der Waals surface area contributed by atoms with E-state index in [2.05, 4.69) is 4.98 Å². The van der Waals surface area contributed by atoms with Gasteiger partial charge in [-0.05, 0) is 26.4 Å². The predicted molar refractivity (Wildman–Crippen MR) is 56.7 cm³/mol. The van der Waals surface area contributed by atoms with Gasteiger partial charge in [0.05, 0.1) is 5.56 Å². The Kier molecular flexibility index (Phi) is 2.51. The fraction of sp³-hybridized carbons (Fsp3) is 0.500. The van der Waals surface area contributed by atoms with E-state index in [9.17, 15) is 20.1 Å². The summed E-state index contributed by atoms with van der Waals surface area (Å²) in [5.74, 6) is -1.65. The van der Waals surface area contributed by atoms with Gasteiger partial charge in [-0.3, -0.25) is 14.7 Å². The van der Waals surface area contributed by atoms with Gasteiger partial charge >= 0.3 is 0 Å². The van der Waals surface area contributed by atoms with Gasteiger partial charge in [0.25, 0.3) is 5.56 Å². The Morgan fingerprint density at radius 2 is 2.00 bits per heavy atom. The van der Waals surface area contributed by atoms with Crippen molar-refractivity contribution >= 4 is 0 Å². The first-order valence-electron chi connectivity index (χ1n) is 5.09. The van der Waals surface area contributed by atoms with Crippen molar-refractivity contribution in [3.05, 3.63) is 15.9 Å². The van der Waals surface area contributed by atoms with Gasteiger partial charge in [-0.2, -0.15) is 0 Å². The zero-order valence-corrected chi connectivity index (χ0v) is 8.90. The largest absolute Gasteiger partial charge is 0.504 e. The van der Waals surface area contributed by atoms with Crippen molar-refractivity contribution in [2.75, 3.05) is 13.6 Å². The fourth-order valence-corrected chi connectivity index (χ4v) is 2.17. The first-order chi connectivity index (χ1) is 7.52. The molecule has 0 aromatic carbocycles. The number of hydrogen-bond acceptors (Lipinski definition) is 5. The molecule has 0 spiro atoms. The van der Waals surface area contributed by atoms with Crippen LogP contribution < -0.4 is 5.56 Å². The van der Waals surface area contributed by atoms with Crippen LogP contribution in [0.1, 0.15) is 24.4 Å². The Morgan fingerprint density at radius 1 is 1.31 bits per heavy atom. The third kappa shape index (κ3) is 1.51. The van der Waals surface area contributed by atoms with Gasteiger partial charge in [-0.1, -0.05) is 0 Å². The van der Waals surface area contributed by atoms with E-state index in [4.69, 9.17) is 0 Å². The predicted octanol–water partition coefficient (Wildman–Crippen LogP) is 0.258. The van der Waals surface area contributed by atoms with Gasteiger partial charge in [-0.15, -0.1) is 0 Å². The molecule has 6 nitrogen and oxygen atoms in total. The van der Waals surface area contributed by atoms with Crippen molar-refractivity contribution in [2.24, 2.45) is 0 Å². The summed E-state index contributed by atoms with van der Waals surface area (Å²) < 4.78 is 0. The maximum Gasteiger partial charge on any atom is 0.296 e. The zero-order chi connectivity index (χ0) is 11.9. The molecule has 2 rings (SSSR count). The normalized spacial score (nSPS) is 21.4. The van der Waals surface area contributed by atoms with Gasteiger partial charge in [0.1, 0.15) is 0 Å². The Bertz CT molecular complexity index is 469. The van der Waals surface area contributed by atoms with Gasteiger partial charge in [0, 0.05) is 6.04 Å². The summed E-state index contributed by atoms with van der Waals surface area (Å²) in [6.07, 6.45) is 1.71. The van der Waals surface area contributed by atoms with Crippen LogP contribution in [0.25, 0.3) is 0 Å². The van der Waals surface area contributed by atoms with Crippen LogP contribution in [-0.2, 0) is 0 Å². The zero-order valence-electron chi connectivity index (χ0n) is 8.90. The first-order valence-corrected chi connectivity index (χ1v) is 5.09. The molecule has 0 amide bonds. The molecule has 0 bridgehead atoms. The molecular formula is C10H14N2O4. The second kappa shape index (κ2) is 3.71. The third-order valence-corrected chi connectivity index (χ3v) is 3.04. The van der Waals surface area contributed by atoms with Crippen LogP contribution in [0.3, 0.4) is 0 Å². The minimum Gasteiger partial charge on any atom is -0.504 e. The molecule has 1 aliphatic rings. The highest BCUT2D eigenvalue weighted by atomic mass is 16.3. The van der Waals surface area contributed by atoms with E-state index >= 15 is 0 Å². The summed E-state index contributed by atoms with van der Waals surface area (Å²) in [7, 11) is 1.86. The Morgan fingerprint density at radius 3 is 2.56 bits per heavy atom. The molecule has 1 unspecified atom stereocenters. The summed E-state index contributed by atoms with van der Waals surface area (Å²) in [6.45, 7) is 0.851. The topological polar surface area (TPSA) is 96.8 Å². The lowest BCUT2D eigenvalue weighted by Crippen LogP contribution is -2.19. The molecule has 6 heteroatoms. The van der Waals surface area contributed by atoms with Crippen LogP contribution in [0.15, 0.2) is 4.79 Å². The van der Waals surface area contributed by atoms with Crippen LogP contribution >= 0.6 is 0 Å². The number of likely N-dealkylation sites (tertiary alicyclic amines) is 1. The highest BCUT2D eigenvalue weighted by molar-refractivity contribution is 5.49. The summed E-state index contributed by atoms with van der Waals surface area (Å²) in [6, 6.07) is -0.178. The summed E-state index contributed by atoms with van der Waals surface area (Å²) in [5.41, 5.74) is -0.698. The number of H-pyrrole nitrogens is 1. The molecule has 1 aliphatic heterocycles. The summed E-state index contributed by atoms with van der Waals surface area (Å²) >= 11 is 0. The van der Waals surface area contributed by atoms with E-state index in [-0.39, 0.29) is 17.5 Å². The number of aromatic hydroxyl groups is 3. The van der Waals surface area contributed by atoms with Crippen LogP contribution in [0.2, 0.25) is 0 Å². The van der Waals surface area contributed by atoms with Gasteiger partial charge in [0.2, 0.25) is 5.75 Å².